The normalized spacial score (nSPS) is 12.8. The molecule has 3 N–H and O–H groups in total. The lowest BCUT2D eigenvalue weighted by atomic mass is 10.1. The largest absolute Gasteiger partial charge is 0.497 e. The summed E-state index contributed by atoms with van der Waals surface area (Å²) in [5.74, 6) is 0.323. The molecule has 7 nitrogen and oxygen atoms in total. The second kappa shape index (κ2) is 9.72. The molecule has 2 rings (SSSR count). The van der Waals surface area contributed by atoms with Gasteiger partial charge >= 0.3 is 0 Å². The Balaban J connectivity index is 1.93. The van der Waals surface area contributed by atoms with Crippen molar-refractivity contribution in [2.24, 2.45) is 0 Å². The number of halogens is 1. The molecule has 0 aliphatic heterocycles. The topological polar surface area (TPSA) is 96.9 Å². The van der Waals surface area contributed by atoms with Gasteiger partial charge in [0.15, 0.2) is 0 Å². The summed E-state index contributed by atoms with van der Waals surface area (Å²) in [5, 5.41) is 15.7. The molecular weight excluding hydrogens is 436 g/mol. The van der Waals surface area contributed by atoms with Gasteiger partial charge in [0.05, 0.1) is 29.0 Å². The van der Waals surface area contributed by atoms with E-state index < -0.39 is 18.1 Å². The summed E-state index contributed by atoms with van der Waals surface area (Å²) >= 11 is 4.57. The van der Waals surface area contributed by atoms with Crippen LogP contribution >= 0.6 is 27.3 Å². The lowest BCUT2D eigenvalue weighted by Crippen LogP contribution is -2.45. The number of ether oxygens (including phenoxy) is 2. The highest BCUT2D eigenvalue weighted by atomic mass is 79.9. The molecule has 2 aromatic rings. The van der Waals surface area contributed by atoms with E-state index >= 15 is 0 Å². The van der Waals surface area contributed by atoms with E-state index in [2.05, 4.69) is 26.6 Å². The van der Waals surface area contributed by atoms with Gasteiger partial charge < -0.3 is 25.2 Å². The molecule has 1 heterocycles. The first-order valence-corrected chi connectivity index (χ1v) is 9.70. The minimum absolute atomic E-state index is 0.0346. The van der Waals surface area contributed by atoms with Crippen LogP contribution in [-0.2, 0) is 4.79 Å². The molecule has 0 aliphatic carbocycles. The SMILES string of the molecule is COc1ccc(OC)c(C(O)CNC(=O)C(C)NC(=O)c2ccc(Br)s2)c1. The Morgan fingerprint density at radius 1 is 1.22 bits per heavy atom. The predicted octanol–water partition coefficient (Wildman–Crippen LogP) is 2.50. The van der Waals surface area contributed by atoms with E-state index in [1.807, 2.05) is 0 Å². The lowest BCUT2D eigenvalue weighted by Gasteiger charge is -2.18. The van der Waals surface area contributed by atoms with E-state index in [9.17, 15) is 14.7 Å². The molecule has 0 spiro atoms. The van der Waals surface area contributed by atoms with Gasteiger partial charge in [-0.15, -0.1) is 11.3 Å². The molecule has 1 aromatic carbocycles. The fraction of sp³-hybridized carbons (Fsp3) is 0.333. The zero-order chi connectivity index (χ0) is 20.0. The number of thiophene rings is 1. The minimum Gasteiger partial charge on any atom is -0.497 e. The molecule has 27 heavy (non-hydrogen) atoms. The first kappa shape index (κ1) is 21.2. The van der Waals surface area contributed by atoms with Crippen LogP contribution in [0.5, 0.6) is 11.5 Å². The van der Waals surface area contributed by atoms with Gasteiger partial charge in [0.2, 0.25) is 5.91 Å². The Hall–Kier alpha value is -2.10. The van der Waals surface area contributed by atoms with E-state index in [0.29, 0.717) is 21.9 Å². The molecule has 2 unspecified atom stereocenters. The van der Waals surface area contributed by atoms with Crippen molar-refractivity contribution in [2.45, 2.75) is 19.1 Å². The summed E-state index contributed by atoms with van der Waals surface area (Å²) in [6.45, 7) is 1.54. The number of nitrogens with one attached hydrogen (secondary N) is 2. The first-order valence-electron chi connectivity index (χ1n) is 8.09. The van der Waals surface area contributed by atoms with Crippen molar-refractivity contribution in [3.8, 4) is 11.5 Å². The average molecular weight is 457 g/mol. The van der Waals surface area contributed by atoms with E-state index in [-0.39, 0.29) is 12.5 Å². The van der Waals surface area contributed by atoms with Gasteiger partial charge in [0.1, 0.15) is 17.5 Å². The quantitative estimate of drug-likeness (QED) is 0.566. The maximum atomic E-state index is 12.2. The van der Waals surface area contributed by atoms with Gasteiger partial charge in [-0.2, -0.15) is 0 Å². The van der Waals surface area contributed by atoms with Gasteiger partial charge in [-0.1, -0.05) is 0 Å². The van der Waals surface area contributed by atoms with Gasteiger partial charge in [-0.3, -0.25) is 9.59 Å². The summed E-state index contributed by atoms with van der Waals surface area (Å²) in [6.07, 6.45) is -0.991. The third kappa shape index (κ3) is 5.69. The number of amides is 2. The number of carbonyl (C=O) groups excluding carboxylic acids is 2. The molecule has 146 valence electrons. The highest BCUT2D eigenvalue weighted by Gasteiger charge is 2.20. The maximum absolute atomic E-state index is 12.2. The van der Waals surface area contributed by atoms with Crippen LogP contribution in [0.3, 0.4) is 0 Å². The fourth-order valence-electron chi connectivity index (χ4n) is 2.33. The number of benzene rings is 1. The van der Waals surface area contributed by atoms with Crippen molar-refractivity contribution in [3.63, 3.8) is 0 Å². The Labute approximate surface area is 169 Å². The molecule has 0 radical (unpaired) electrons. The van der Waals surface area contributed by atoms with Crippen LogP contribution in [-0.4, -0.2) is 43.7 Å². The Kier molecular flexibility index (Phi) is 7.64. The summed E-state index contributed by atoms with van der Waals surface area (Å²) in [6, 6.07) is 7.73. The summed E-state index contributed by atoms with van der Waals surface area (Å²) in [5.41, 5.74) is 0.497. The van der Waals surface area contributed by atoms with Gasteiger partial charge in [0.25, 0.3) is 5.91 Å². The molecular formula is C18H21BrN2O5S. The second-order valence-corrected chi connectivity index (χ2v) is 8.13. The van der Waals surface area contributed by atoms with E-state index in [4.69, 9.17) is 9.47 Å². The van der Waals surface area contributed by atoms with Crippen LogP contribution in [0, 0.1) is 0 Å². The van der Waals surface area contributed by atoms with Crippen molar-refractivity contribution in [1.29, 1.82) is 0 Å². The number of aliphatic hydroxyl groups is 1. The minimum atomic E-state index is -0.991. The molecule has 0 saturated heterocycles. The van der Waals surface area contributed by atoms with Crippen molar-refractivity contribution in [2.75, 3.05) is 20.8 Å². The fourth-order valence-corrected chi connectivity index (χ4v) is 3.62. The zero-order valence-corrected chi connectivity index (χ0v) is 17.5. The van der Waals surface area contributed by atoms with E-state index in [1.54, 1.807) is 37.3 Å². The number of hydrogen-bond acceptors (Lipinski definition) is 6. The van der Waals surface area contributed by atoms with Crippen LogP contribution in [0.4, 0.5) is 0 Å². The number of rotatable bonds is 8. The molecule has 1 aromatic heterocycles. The smallest absolute Gasteiger partial charge is 0.262 e. The van der Waals surface area contributed by atoms with E-state index in [1.165, 1.54) is 25.6 Å². The van der Waals surface area contributed by atoms with Crippen LogP contribution in [0.25, 0.3) is 0 Å². The summed E-state index contributed by atoms with van der Waals surface area (Å²) in [4.78, 5) is 24.8. The van der Waals surface area contributed by atoms with Crippen molar-refractivity contribution in [1.82, 2.24) is 10.6 Å². The Bertz CT molecular complexity index is 811. The third-order valence-electron chi connectivity index (χ3n) is 3.80. The Morgan fingerprint density at radius 2 is 1.96 bits per heavy atom. The number of methoxy groups -OCH3 is 2. The average Bonchev–Trinajstić information content (AvgIpc) is 3.11. The monoisotopic (exact) mass is 456 g/mol. The van der Waals surface area contributed by atoms with Crippen LogP contribution in [0.15, 0.2) is 34.1 Å². The van der Waals surface area contributed by atoms with Crippen LogP contribution < -0.4 is 20.1 Å². The van der Waals surface area contributed by atoms with Crippen molar-refractivity contribution >= 4 is 39.1 Å². The molecule has 0 saturated carbocycles. The molecule has 0 fully saturated rings. The standard InChI is InChI=1S/C18H21BrN2O5S/c1-10(21-18(24)15-6-7-16(19)27-15)17(23)20-9-13(22)12-8-11(25-2)4-5-14(12)26-3/h4-8,10,13,22H,9H2,1-3H3,(H,20,23)(H,21,24). The first-order chi connectivity index (χ1) is 12.8. The molecule has 0 bridgehead atoms. The maximum Gasteiger partial charge on any atom is 0.262 e. The molecule has 2 atom stereocenters. The third-order valence-corrected chi connectivity index (χ3v) is 5.43. The van der Waals surface area contributed by atoms with Gasteiger partial charge in [0, 0.05) is 12.1 Å². The van der Waals surface area contributed by atoms with Gasteiger partial charge in [-0.05, 0) is 53.2 Å². The highest BCUT2D eigenvalue weighted by molar-refractivity contribution is 9.11. The number of carbonyl (C=O) groups is 2. The lowest BCUT2D eigenvalue weighted by molar-refractivity contribution is -0.123. The Morgan fingerprint density at radius 3 is 2.56 bits per heavy atom. The molecule has 9 heteroatoms. The predicted molar refractivity (Wildman–Crippen MR) is 106 cm³/mol. The number of aliphatic hydroxyl groups excluding tert-OH is 1. The zero-order valence-electron chi connectivity index (χ0n) is 15.1. The highest BCUT2D eigenvalue weighted by Crippen LogP contribution is 2.29. The second-order valence-electron chi connectivity index (χ2n) is 5.67. The number of hydrogen-bond donors (Lipinski definition) is 3. The molecule has 2 amide bonds. The van der Waals surface area contributed by atoms with Crippen molar-refractivity contribution in [3.05, 3.63) is 44.6 Å². The van der Waals surface area contributed by atoms with E-state index in [0.717, 1.165) is 3.79 Å². The van der Waals surface area contributed by atoms with Crippen LogP contribution in [0.2, 0.25) is 0 Å². The summed E-state index contributed by atoms with van der Waals surface area (Å²) < 4.78 is 11.2. The van der Waals surface area contributed by atoms with Gasteiger partial charge in [-0.25, -0.2) is 0 Å². The van der Waals surface area contributed by atoms with Crippen molar-refractivity contribution < 1.29 is 24.2 Å². The van der Waals surface area contributed by atoms with Crippen LogP contribution in [0.1, 0.15) is 28.3 Å². The molecule has 0 aliphatic rings. The summed E-state index contributed by atoms with van der Waals surface area (Å²) in [7, 11) is 3.02.